The highest BCUT2D eigenvalue weighted by Crippen LogP contribution is 2.38. The van der Waals surface area contributed by atoms with Crippen molar-refractivity contribution in [3.63, 3.8) is 0 Å². The number of halogens is 3. The molecule has 1 heterocycles. The van der Waals surface area contributed by atoms with Gasteiger partial charge in [-0.2, -0.15) is 0 Å². The summed E-state index contributed by atoms with van der Waals surface area (Å²) < 4.78 is 3.35. The van der Waals surface area contributed by atoms with Crippen LogP contribution in [0.4, 0.5) is 0 Å². The number of esters is 1. The third-order valence-electron chi connectivity index (χ3n) is 2.24. The van der Waals surface area contributed by atoms with E-state index in [-0.39, 0.29) is 11.3 Å². The van der Waals surface area contributed by atoms with Gasteiger partial charge in [0.25, 0.3) is 0 Å². The van der Waals surface area contributed by atoms with E-state index in [1.807, 2.05) is 0 Å². The predicted molar refractivity (Wildman–Crippen MR) is 53.4 cm³/mol. The number of ether oxygens (including phenoxy) is 1. The molecule has 2 nitrogen and oxygen atoms in total. The van der Waals surface area contributed by atoms with Crippen molar-refractivity contribution < 1.29 is 9.53 Å². The third-order valence-corrected chi connectivity index (χ3v) is 3.84. The second kappa shape index (κ2) is 4.24. The Morgan fingerprint density at radius 1 is 1.54 bits per heavy atom. The Labute approximate surface area is 92.5 Å². The fourth-order valence-electron chi connectivity index (χ4n) is 1.20. The van der Waals surface area contributed by atoms with E-state index in [0.717, 1.165) is 12.8 Å². The average Bonchev–Trinajstić information content (AvgIpc) is 2.08. The van der Waals surface area contributed by atoms with Crippen molar-refractivity contribution in [1.82, 2.24) is 0 Å². The smallest absolute Gasteiger partial charge is 0.342 e. The first kappa shape index (κ1) is 11.4. The van der Waals surface area contributed by atoms with Gasteiger partial charge in [0.2, 0.25) is 4.33 Å². The van der Waals surface area contributed by atoms with E-state index >= 15 is 0 Å². The summed E-state index contributed by atoms with van der Waals surface area (Å²) in [5, 5.41) is -0.178. The minimum atomic E-state index is -1.51. The number of rotatable bonds is 0. The highest BCUT2D eigenvalue weighted by Gasteiger charge is 2.45. The van der Waals surface area contributed by atoms with Gasteiger partial charge in [-0.15, -0.1) is 11.6 Å². The van der Waals surface area contributed by atoms with Crippen LogP contribution in [-0.2, 0) is 9.53 Å². The van der Waals surface area contributed by atoms with Crippen LogP contribution in [-0.4, -0.2) is 22.3 Å². The molecule has 5 heteroatoms. The van der Waals surface area contributed by atoms with Crippen LogP contribution in [0.1, 0.15) is 19.8 Å². The SMILES string of the molecule is C[C@H]1[C@H](Cl)CCCOC(=O)C1(Cl)Cl. The zero-order valence-corrected chi connectivity index (χ0v) is 9.49. The Kier molecular flexibility index (Phi) is 3.73. The van der Waals surface area contributed by atoms with Crippen LogP contribution >= 0.6 is 34.8 Å². The van der Waals surface area contributed by atoms with Crippen LogP contribution in [0, 0.1) is 5.92 Å². The van der Waals surface area contributed by atoms with Crippen molar-refractivity contribution in [2.45, 2.75) is 29.5 Å². The topological polar surface area (TPSA) is 26.3 Å². The number of cyclic esters (lactones) is 1. The summed E-state index contributed by atoms with van der Waals surface area (Å²) in [6.07, 6.45) is 1.52. The van der Waals surface area contributed by atoms with Gasteiger partial charge in [-0.3, -0.25) is 0 Å². The monoisotopic (exact) mass is 244 g/mol. The Morgan fingerprint density at radius 3 is 2.77 bits per heavy atom. The summed E-state index contributed by atoms with van der Waals surface area (Å²) in [5.74, 6) is -0.890. The predicted octanol–water partition coefficient (Wildman–Crippen LogP) is 2.74. The first-order chi connectivity index (χ1) is 5.96. The van der Waals surface area contributed by atoms with Gasteiger partial charge in [-0.25, -0.2) is 4.79 Å². The van der Waals surface area contributed by atoms with Crippen molar-refractivity contribution in [3.8, 4) is 0 Å². The Bertz CT molecular complexity index is 206. The molecule has 0 aliphatic carbocycles. The molecule has 0 saturated carbocycles. The molecule has 1 saturated heterocycles. The first-order valence-electron chi connectivity index (χ1n) is 4.15. The van der Waals surface area contributed by atoms with Crippen molar-refractivity contribution in [3.05, 3.63) is 0 Å². The van der Waals surface area contributed by atoms with Crippen LogP contribution in [0.15, 0.2) is 0 Å². The first-order valence-corrected chi connectivity index (χ1v) is 5.34. The molecule has 1 fully saturated rings. The van der Waals surface area contributed by atoms with Crippen molar-refractivity contribution >= 4 is 40.8 Å². The number of carbonyl (C=O) groups is 1. The Balaban J connectivity index is 2.80. The summed E-state index contributed by atoms with van der Waals surface area (Å²) in [5.41, 5.74) is 0. The second-order valence-corrected chi connectivity index (χ2v) is 5.15. The molecule has 2 atom stereocenters. The van der Waals surface area contributed by atoms with Gasteiger partial charge < -0.3 is 4.74 Å². The molecule has 0 bridgehead atoms. The molecule has 0 spiro atoms. The molecular formula is C8H11Cl3O2. The molecule has 0 aromatic heterocycles. The minimum Gasteiger partial charge on any atom is -0.463 e. The van der Waals surface area contributed by atoms with Crippen molar-refractivity contribution in [2.24, 2.45) is 5.92 Å². The maximum absolute atomic E-state index is 11.3. The molecule has 0 unspecified atom stereocenters. The van der Waals surface area contributed by atoms with E-state index in [0.29, 0.717) is 6.61 Å². The molecule has 0 aromatic carbocycles. The van der Waals surface area contributed by atoms with Crippen LogP contribution in [0.5, 0.6) is 0 Å². The Morgan fingerprint density at radius 2 is 2.15 bits per heavy atom. The van der Waals surface area contributed by atoms with E-state index in [1.54, 1.807) is 6.92 Å². The van der Waals surface area contributed by atoms with Crippen molar-refractivity contribution in [1.29, 1.82) is 0 Å². The summed E-state index contributed by atoms with van der Waals surface area (Å²) in [6, 6.07) is 0. The molecule has 1 aliphatic heterocycles. The van der Waals surface area contributed by atoms with Crippen LogP contribution in [0.3, 0.4) is 0 Å². The lowest BCUT2D eigenvalue weighted by molar-refractivity contribution is -0.146. The quantitative estimate of drug-likeness (QED) is 0.484. The van der Waals surface area contributed by atoms with Crippen LogP contribution < -0.4 is 0 Å². The number of hydrogen-bond donors (Lipinski definition) is 0. The zero-order valence-electron chi connectivity index (χ0n) is 7.23. The lowest BCUT2D eigenvalue weighted by Gasteiger charge is -2.30. The normalized spacial score (nSPS) is 34.6. The fourth-order valence-corrected chi connectivity index (χ4v) is 2.09. The summed E-state index contributed by atoms with van der Waals surface area (Å²) in [6.45, 7) is 2.10. The minimum absolute atomic E-state index is 0.178. The maximum atomic E-state index is 11.3. The van der Waals surface area contributed by atoms with Gasteiger partial charge in [-0.05, 0) is 12.8 Å². The lowest BCUT2D eigenvalue weighted by Crippen LogP contribution is -2.41. The van der Waals surface area contributed by atoms with Gasteiger partial charge in [0.05, 0.1) is 6.61 Å². The third kappa shape index (κ3) is 2.42. The number of hydrogen-bond acceptors (Lipinski definition) is 2. The van der Waals surface area contributed by atoms with Crippen molar-refractivity contribution in [2.75, 3.05) is 6.61 Å². The standard InChI is InChI=1S/C8H11Cl3O2/c1-5-6(9)3-2-4-13-7(12)8(5,10)11/h5-6H,2-4H2,1H3/t5-,6+/m0/s1. The van der Waals surface area contributed by atoms with E-state index in [1.165, 1.54) is 0 Å². The molecule has 76 valence electrons. The molecular weight excluding hydrogens is 234 g/mol. The summed E-state index contributed by atoms with van der Waals surface area (Å²) in [4.78, 5) is 11.3. The molecule has 1 aliphatic rings. The molecule has 0 N–H and O–H groups in total. The average molecular weight is 246 g/mol. The van der Waals surface area contributed by atoms with Crippen LogP contribution in [0.2, 0.25) is 0 Å². The molecule has 0 amide bonds. The number of alkyl halides is 3. The maximum Gasteiger partial charge on any atom is 0.342 e. The summed E-state index contributed by atoms with van der Waals surface area (Å²) in [7, 11) is 0. The number of carbonyl (C=O) groups excluding carboxylic acids is 1. The largest absolute Gasteiger partial charge is 0.463 e. The van der Waals surface area contributed by atoms with Crippen LogP contribution in [0.25, 0.3) is 0 Å². The lowest BCUT2D eigenvalue weighted by atomic mass is 9.98. The molecule has 1 rings (SSSR count). The second-order valence-electron chi connectivity index (χ2n) is 3.21. The van der Waals surface area contributed by atoms with Gasteiger partial charge in [-0.1, -0.05) is 30.1 Å². The highest BCUT2D eigenvalue weighted by molar-refractivity contribution is 6.58. The zero-order chi connectivity index (χ0) is 10.1. The van der Waals surface area contributed by atoms with Gasteiger partial charge in [0.1, 0.15) is 0 Å². The summed E-state index contributed by atoms with van der Waals surface area (Å²) >= 11 is 17.7. The fraction of sp³-hybridized carbons (Fsp3) is 0.875. The van der Waals surface area contributed by atoms with Gasteiger partial charge >= 0.3 is 5.97 Å². The van der Waals surface area contributed by atoms with E-state index in [4.69, 9.17) is 39.5 Å². The Hall–Kier alpha value is 0.340. The highest BCUT2D eigenvalue weighted by atomic mass is 35.5. The van der Waals surface area contributed by atoms with E-state index in [9.17, 15) is 4.79 Å². The molecule has 0 aromatic rings. The molecule has 0 radical (unpaired) electrons. The van der Waals surface area contributed by atoms with E-state index < -0.39 is 10.3 Å². The van der Waals surface area contributed by atoms with Gasteiger partial charge in [0.15, 0.2) is 0 Å². The molecule has 13 heavy (non-hydrogen) atoms. The van der Waals surface area contributed by atoms with E-state index in [2.05, 4.69) is 0 Å². The van der Waals surface area contributed by atoms with Gasteiger partial charge in [0, 0.05) is 11.3 Å².